The SMILES string of the molecule is O=C(c1cccc([N+](=O)[O-])c1)N1CCN(c2ccc(Nc3ccccn3)nn2)CC1. The number of amides is 1. The van der Waals surface area contributed by atoms with Gasteiger partial charge < -0.3 is 15.1 Å². The number of benzene rings is 1. The van der Waals surface area contributed by atoms with Crippen LogP contribution < -0.4 is 10.2 Å². The summed E-state index contributed by atoms with van der Waals surface area (Å²) >= 11 is 0. The first-order valence-electron chi connectivity index (χ1n) is 9.40. The Kier molecular flexibility index (Phi) is 5.46. The molecule has 4 rings (SSSR count). The molecule has 3 heterocycles. The van der Waals surface area contributed by atoms with Crippen molar-refractivity contribution in [3.63, 3.8) is 0 Å². The molecule has 30 heavy (non-hydrogen) atoms. The molecule has 1 fully saturated rings. The smallest absolute Gasteiger partial charge is 0.270 e. The van der Waals surface area contributed by atoms with E-state index in [9.17, 15) is 14.9 Å². The molecule has 1 amide bonds. The van der Waals surface area contributed by atoms with Crippen molar-refractivity contribution >= 4 is 29.0 Å². The number of anilines is 3. The molecule has 1 saturated heterocycles. The minimum atomic E-state index is -0.500. The standard InChI is InChI=1S/C20H19N7O3/c28-20(15-4-3-5-16(14-15)27(29)30)26-12-10-25(11-13-26)19-8-7-18(23-24-19)22-17-6-1-2-9-21-17/h1-9,14H,10-13H2,(H,21,22,23). The molecule has 1 aliphatic heterocycles. The molecule has 2 aromatic heterocycles. The summed E-state index contributed by atoms with van der Waals surface area (Å²) in [5.74, 6) is 1.80. The van der Waals surface area contributed by atoms with Gasteiger partial charge in [0.05, 0.1) is 4.92 Å². The number of non-ortho nitro benzene ring substituents is 1. The van der Waals surface area contributed by atoms with Gasteiger partial charge in [-0.05, 0) is 30.3 Å². The fourth-order valence-corrected chi connectivity index (χ4v) is 3.20. The number of nitro benzene ring substituents is 1. The average Bonchev–Trinajstić information content (AvgIpc) is 2.80. The molecule has 0 saturated carbocycles. The highest BCUT2D eigenvalue weighted by molar-refractivity contribution is 5.95. The largest absolute Gasteiger partial charge is 0.352 e. The van der Waals surface area contributed by atoms with Gasteiger partial charge >= 0.3 is 0 Å². The molecule has 0 atom stereocenters. The number of piperazine rings is 1. The van der Waals surface area contributed by atoms with Crippen LogP contribution in [0.1, 0.15) is 10.4 Å². The number of nitrogens with one attached hydrogen (secondary N) is 1. The Bertz CT molecular complexity index is 1040. The highest BCUT2D eigenvalue weighted by atomic mass is 16.6. The van der Waals surface area contributed by atoms with Gasteiger partial charge in [0, 0.05) is 50.1 Å². The molecular weight excluding hydrogens is 386 g/mol. The highest BCUT2D eigenvalue weighted by Gasteiger charge is 2.24. The molecule has 1 aromatic carbocycles. The summed E-state index contributed by atoms with van der Waals surface area (Å²) < 4.78 is 0. The fourth-order valence-electron chi connectivity index (χ4n) is 3.20. The van der Waals surface area contributed by atoms with E-state index in [0.717, 1.165) is 5.82 Å². The van der Waals surface area contributed by atoms with Gasteiger partial charge in [-0.3, -0.25) is 14.9 Å². The first kappa shape index (κ1) is 19.2. The topological polar surface area (TPSA) is 117 Å². The van der Waals surface area contributed by atoms with Gasteiger partial charge in [0.15, 0.2) is 11.6 Å². The van der Waals surface area contributed by atoms with Crippen LogP contribution in [-0.4, -0.2) is 57.1 Å². The maximum Gasteiger partial charge on any atom is 0.270 e. The molecule has 0 unspecified atom stereocenters. The number of hydrogen-bond acceptors (Lipinski definition) is 8. The Morgan fingerprint density at radius 1 is 0.967 bits per heavy atom. The number of nitrogens with zero attached hydrogens (tertiary/aromatic N) is 6. The van der Waals surface area contributed by atoms with Crippen molar-refractivity contribution < 1.29 is 9.72 Å². The van der Waals surface area contributed by atoms with Gasteiger partial charge in [-0.1, -0.05) is 12.1 Å². The third-order valence-corrected chi connectivity index (χ3v) is 4.77. The zero-order valence-electron chi connectivity index (χ0n) is 16.0. The van der Waals surface area contributed by atoms with Gasteiger partial charge in [0.1, 0.15) is 5.82 Å². The van der Waals surface area contributed by atoms with Gasteiger partial charge in [-0.15, -0.1) is 10.2 Å². The van der Waals surface area contributed by atoms with Gasteiger partial charge in [-0.2, -0.15) is 0 Å². The van der Waals surface area contributed by atoms with Gasteiger partial charge in [-0.25, -0.2) is 4.98 Å². The second kappa shape index (κ2) is 8.52. The average molecular weight is 405 g/mol. The monoisotopic (exact) mass is 405 g/mol. The Morgan fingerprint density at radius 2 is 1.80 bits per heavy atom. The fraction of sp³-hybridized carbons (Fsp3) is 0.200. The number of aromatic nitrogens is 3. The summed E-state index contributed by atoms with van der Waals surface area (Å²) in [4.78, 5) is 31.0. The lowest BCUT2D eigenvalue weighted by atomic mass is 10.1. The van der Waals surface area contributed by atoms with Crippen LogP contribution in [0.3, 0.4) is 0 Å². The molecule has 0 bridgehead atoms. The summed E-state index contributed by atoms with van der Waals surface area (Å²) in [7, 11) is 0. The van der Waals surface area contributed by atoms with E-state index in [-0.39, 0.29) is 11.6 Å². The summed E-state index contributed by atoms with van der Waals surface area (Å²) in [5.41, 5.74) is 0.233. The van der Waals surface area contributed by atoms with Crippen LogP contribution in [0.15, 0.2) is 60.8 Å². The van der Waals surface area contributed by atoms with E-state index < -0.39 is 4.92 Å². The minimum absolute atomic E-state index is 0.0887. The van der Waals surface area contributed by atoms with Crippen molar-refractivity contribution in [2.45, 2.75) is 0 Å². The molecule has 0 radical (unpaired) electrons. The predicted molar refractivity (Wildman–Crippen MR) is 111 cm³/mol. The first-order valence-corrected chi connectivity index (χ1v) is 9.40. The van der Waals surface area contributed by atoms with Crippen molar-refractivity contribution in [2.75, 3.05) is 36.4 Å². The van der Waals surface area contributed by atoms with Crippen molar-refractivity contribution in [3.05, 3.63) is 76.5 Å². The number of nitro groups is 1. The van der Waals surface area contributed by atoms with E-state index in [4.69, 9.17) is 0 Å². The van der Waals surface area contributed by atoms with Crippen LogP contribution >= 0.6 is 0 Å². The van der Waals surface area contributed by atoms with Crippen LogP contribution in [-0.2, 0) is 0 Å². The first-order chi connectivity index (χ1) is 14.6. The van der Waals surface area contributed by atoms with Gasteiger partial charge in [0.25, 0.3) is 11.6 Å². The zero-order valence-corrected chi connectivity index (χ0v) is 16.0. The third kappa shape index (κ3) is 4.32. The molecule has 3 aromatic rings. The predicted octanol–water partition coefficient (Wildman–Crippen LogP) is 2.49. The quantitative estimate of drug-likeness (QED) is 0.508. The maximum atomic E-state index is 12.7. The van der Waals surface area contributed by atoms with Crippen molar-refractivity contribution in [1.29, 1.82) is 0 Å². The third-order valence-electron chi connectivity index (χ3n) is 4.77. The molecule has 0 aliphatic carbocycles. The molecule has 10 nitrogen and oxygen atoms in total. The van der Waals surface area contributed by atoms with E-state index in [1.165, 1.54) is 18.2 Å². The normalized spacial score (nSPS) is 13.7. The Balaban J connectivity index is 1.35. The van der Waals surface area contributed by atoms with Crippen LogP contribution in [0.25, 0.3) is 0 Å². The molecule has 10 heteroatoms. The second-order valence-electron chi connectivity index (χ2n) is 6.70. The number of hydrogen-bond donors (Lipinski definition) is 1. The van der Waals surface area contributed by atoms with Crippen LogP contribution in [0.5, 0.6) is 0 Å². The molecular formula is C20H19N7O3. The van der Waals surface area contributed by atoms with E-state index in [0.29, 0.717) is 43.4 Å². The Labute approximate surface area is 172 Å². The van der Waals surface area contributed by atoms with E-state index in [1.54, 1.807) is 17.2 Å². The summed E-state index contributed by atoms with van der Waals surface area (Å²) in [6.07, 6.45) is 1.69. The number of carbonyl (C=O) groups excluding carboxylic acids is 1. The van der Waals surface area contributed by atoms with Crippen LogP contribution in [0.2, 0.25) is 0 Å². The van der Waals surface area contributed by atoms with Crippen LogP contribution in [0, 0.1) is 10.1 Å². The van der Waals surface area contributed by atoms with E-state index in [1.807, 2.05) is 30.3 Å². The molecule has 0 spiro atoms. The molecule has 1 aliphatic rings. The minimum Gasteiger partial charge on any atom is -0.352 e. The summed E-state index contributed by atoms with van der Waals surface area (Å²) in [6.45, 7) is 2.19. The Morgan fingerprint density at radius 3 is 2.47 bits per heavy atom. The van der Waals surface area contributed by atoms with E-state index in [2.05, 4.69) is 25.4 Å². The lowest BCUT2D eigenvalue weighted by molar-refractivity contribution is -0.384. The maximum absolute atomic E-state index is 12.7. The second-order valence-corrected chi connectivity index (χ2v) is 6.70. The summed E-state index contributed by atoms with van der Waals surface area (Å²) in [5, 5.41) is 22.5. The molecule has 152 valence electrons. The van der Waals surface area contributed by atoms with Crippen molar-refractivity contribution in [2.24, 2.45) is 0 Å². The van der Waals surface area contributed by atoms with Crippen molar-refractivity contribution in [1.82, 2.24) is 20.1 Å². The Hall–Kier alpha value is -4.08. The zero-order chi connectivity index (χ0) is 20.9. The number of pyridine rings is 1. The number of carbonyl (C=O) groups is 1. The van der Waals surface area contributed by atoms with Crippen LogP contribution in [0.4, 0.5) is 23.1 Å². The lowest BCUT2D eigenvalue weighted by Crippen LogP contribution is -2.49. The van der Waals surface area contributed by atoms with E-state index >= 15 is 0 Å². The number of rotatable bonds is 5. The molecule has 1 N–H and O–H groups in total. The lowest BCUT2D eigenvalue weighted by Gasteiger charge is -2.35. The highest BCUT2D eigenvalue weighted by Crippen LogP contribution is 2.19. The summed E-state index contributed by atoms with van der Waals surface area (Å²) in [6, 6.07) is 15.1. The van der Waals surface area contributed by atoms with Gasteiger partial charge in [0.2, 0.25) is 0 Å². The van der Waals surface area contributed by atoms with Crippen molar-refractivity contribution in [3.8, 4) is 0 Å².